The van der Waals surface area contributed by atoms with Crippen molar-refractivity contribution in [1.29, 1.82) is 0 Å². The molecule has 0 aliphatic carbocycles. The molecule has 1 N–H and O–H groups in total. The average Bonchev–Trinajstić information content (AvgIpc) is 3.62. The van der Waals surface area contributed by atoms with Gasteiger partial charge < -0.3 is 19.9 Å². The van der Waals surface area contributed by atoms with Gasteiger partial charge in [0.25, 0.3) is 5.91 Å². The Bertz CT molecular complexity index is 1580. The van der Waals surface area contributed by atoms with E-state index in [4.69, 9.17) is 9.72 Å². The summed E-state index contributed by atoms with van der Waals surface area (Å²) in [6, 6.07) is 8.70. The Labute approximate surface area is 237 Å². The number of amides is 3. The van der Waals surface area contributed by atoms with Crippen LogP contribution in [0.1, 0.15) is 42.9 Å². The van der Waals surface area contributed by atoms with Gasteiger partial charge in [-0.3, -0.25) is 19.0 Å². The lowest BCUT2D eigenvalue weighted by Crippen LogP contribution is -2.52. The zero-order valence-corrected chi connectivity index (χ0v) is 23.7. The summed E-state index contributed by atoms with van der Waals surface area (Å²) in [4.78, 5) is 46.9. The first-order chi connectivity index (χ1) is 19.8. The molecule has 0 saturated carbocycles. The van der Waals surface area contributed by atoms with Crippen molar-refractivity contribution in [2.75, 3.05) is 38.1 Å². The van der Waals surface area contributed by atoms with Gasteiger partial charge in [-0.25, -0.2) is 9.78 Å². The van der Waals surface area contributed by atoms with E-state index in [9.17, 15) is 14.4 Å². The van der Waals surface area contributed by atoms with E-state index in [2.05, 4.69) is 15.5 Å². The maximum absolute atomic E-state index is 13.6. The molecule has 1 aliphatic heterocycles. The maximum Gasteiger partial charge on any atom is 0.409 e. The normalized spacial score (nSPS) is 14.2. The molecule has 1 aliphatic rings. The van der Waals surface area contributed by atoms with E-state index < -0.39 is 6.04 Å². The summed E-state index contributed by atoms with van der Waals surface area (Å²) < 4.78 is 8.44. The van der Waals surface area contributed by atoms with Crippen molar-refractivity contribution >= 4 is 34.5 Å². The van der Waals surface area contributed by atoms with Crippen LogP contribution < -0.4 is 5.32 Å². The Morgan fingerprint density at radius 2 is 1.78 bits per heavy atom. The van der Waals surface area contributed by atoms with E-state index >= 15 is 0 Å². The number of nitrogens with one attached hydrogen (secondary N) is 1. The van der Waals surface area contributed by atoms with Gasteiger partial charge in [0.1, 0.15) is 6.04 Å². The van der Waals surface area contributed by atoms with Crippen LogP contribution in [0, 0.1) is 6.92 Å². The molecule has 0 bridgehead atoms. The van der Waals surface area contributed by atoms with Crippen molar-refractivity contribution in [2.45, 2.75) is 40.3 Å². The third-order valence-corrected chi connectivity index (χ3v) is 7.25. The molecule has 1 unspecified atom stereocenters. The predicted molar refractivity (Wildman–Crippen MR) is 153 cm³/mol. The Morgan fingerprint density at radius 3 is 2.49 bits per heavy atom. The molecule has 0 spiro atoms. The highest BCUT2D eigenvalue weighted by atomic mass is 16.6. The molecule has 5 rings (SSSR count). The number of fused-ring (bicyclic) bond motifs is 1. The van der Waals surface area contributed by atoms with Crippen LogP contribution >= 0.6 is 0 Å². The third kappa shape index (κ3) is 5.76. The number of piperazine rings is 1. The van der Waals surface area contributed by atoms with Crippen molar-refractivity contribution in [2.24, 2.45) is 0 Å². The molecule has 4 aromatic rings. The summed E-state index contributed by atoms with van der Waals surface area (Å²) in [5.41, 5.74) is 3.77. The number of rotatable bonds is 7. The number of ether oxygens (including phenoxy) is 1. The summed E-state index contributed by atoms with van der Waals surface area (Å²) in [7, 11) is 0. The van der Waals surface area contributed by atoms with Gasteiger partial charge in [0.2, 0.25) is 5.91 Å². The highest BCUT2D eigenvalue weighted by molar-refractivity contribution is 6.13. The number of carbonyl (C=O) groups is 3. The van der Waals surface area contributed by atoms with E-state index in [-0.39, 0.29) is 17.9 Å². The third-order valence-electron chi connectivity index (χ3n) is 7.25. The summed E-state index contributed by atoms with van der Waals surface area (Å²) >= 11 is 0. The lowest BCUT2D eigenvalue weighted by molar-refractivity contribution is -0.136. The topological polar surface area (TPSA) is 127 Å². The van der Waals surface area contributed by atoms with Crippen LogP contribution in [-0.2, 0) is 16.1 Å². The first-order valence-corrected chi connectivity index (χ1v) is 13.8. The molecule has 1 fully saturated rings. The molecule has 3 amide bonds. The average molecular weight is 559 g/mol. The van der Waals surface area contributed by atoms with E-state index in [1.807, 2.05) is 42.1 Å². The van der Waals surface area contributed by atoms with Gasteiger partial charge in [-0.2, -0.15) is 10.2 Å². The van der Waals surface area contributed by atoms with Gasteiger partial charge >= 0.3 is 6.09 Å². The molecule has 4 heterocycles. The molecule has 214 valence electrons. The highest BCUT2D eigenvalue weighted by Gasteiger charge is 2.29. The van der Waals surface area contributed by atoms with Crippen molar-refractivity contribution in [1.82, 2.24) is 34.3 Å². The van der Waals surface area contributed by atoms with Crippen LogP contribution in [0.3, 0.4) is 0 Å². The molecular formula is C29H34N8O4. The number of anilines is 1. The molecule has 12 heteroatoms. The van der Waals surface area contributed by atoms with Gasteiger partial charge in [0.05, 0.1) is 41.0 Å². The fraction of sp³-hybridized carbons (Fsp3) is 0.379. The number of carbonyl (C=O) groups excluding carboxylic acids is 3. The number of hydrogen-bond acceptors (Lipinski definition) is 7. The second-order valence-corrected chi connectivity index (χ2v) is 9.91. The summed E-state index contributed by atoms with van der Waals surface area (Å²) in [6.45, 7) is 10.0. The Morgan fingerprint density at radius 1 is 1.05 bits per heavy atom. The zero-order valence-electron chi connectivity index (χ0n) is 23.7. The van der Waals surface area contributed by atoms with Crippen molar-refractivity contribution in [3.63, 3.8) is 0 Å². The molecule has 12 nitrogen and oxygen atoms in total. The first kappa shape index (κ1) is 27.8. The number of nitrogens with zero attached hydrogens (tertiary/aromatic N) is 7. The van der Waals surface area contributed by atoms with Gasteiger partial charge in [-0.15, -0.1) is 0 Å². The molecular weight excluding hydrogens is 524 g/mol. The standard InChI is InChI=1S/C29H34N8O4/c1-5-36-17-21(16-30-36)25-15-23(22-9-7-8-10-24(22)31-25)27(38)32-26-18-37(33-19(26)3)20(4)28(39)34-11-13-35(14-12-34)29(40)41-6-2/h7-10,15-18,20H,5-6,11-14H2,1-4H3,(H,32,38). The van der Waals surface area contributed by atoms with Crippen LogP contribution in [0.25, 0.3) is 22.2 Å². The smallest absolute Gasteiger partial charge is 0.409 e. The number of benzene rings is 1. The van der Waals surface area contributed by atoms with Gasteiger partial charge in [0.15, 0.2) is 0 Å². The van der Waals surface area contributed by atoms with E-state index in [0.29, 0.717) is 60.9 Å². The lowest BCUT2D eigenvalue weighted by Gasteiger charge is -2.35. The quantitative estimate of drug-likeness (QED) is 0.366. The van der Waals surface area contributed by atoms with Crippen molar-refractivity contribution < 1.29 is 19.1 Å². The number of aromatic nitrogens is 5. The van der Waals surface area contributed by atoms with Crippen LogP contribution in [0.15, 0.2) is 48.9 Å². The van der Waals surface area contributed by atoms with Crippen LogP contribution in [-0.4, -0.2) is 85.0 Å². The molecule has 1 saturated heterocycles. The number of hydrogen-bond donors (Lipinski definition) is 1. The SMILES string of the molecule is CCOC(=O)N1CCN(C(=O)C(C)n2cc(NC(=O)c3cc(-c4cnn(CC)c4)nc4ccccc34)c(C)n2)CC1. The lowest BCUT2D eigenvalue weighted by atomic mass is 10.0. The van der Waals surface area contributed by atoms with E-state index in [1.54, 1.807) is 53.7 Å². The van der Waals surface area contributed by atoms with E-state index in [1.165, 1.54) is 0 Å². The second-order valence-electron chi connectivity index (χ2n) is 9.91. The number of pyridine rings is 1. The maximum atomic E-state index is 13.6. The highest BCUT2D eigenvalue weighted by Crippen LogP contribution is 2.26. The van der Waals surface area contributed by atoms with Gasteiger partial charge in [-0.1, -0.05) is 18.2 Å². The Hall–Kier alpha value is -4.74. The minimum Gasteiger partial charge on any atom is -0.450 e. The minimum atomic E-state index is -0.586. The molecule has 1 atom stereocenters. The zero-order chi connectivity index (χ0) is 29.1. The fourth-order valence-electron chi connectivity index (χ4n) is 4.87. The largest absolute Gasteiger partial charge is 0.450 e. The molecule has 0 radical (unpaired) electrons. The van der Waals surface area contributed by atoms with Crippen molar-refractivity contribution in [3.05, 3.63) is 60.2 Å². The number of para-hydroxylation sites is 1. The minimum absolute atomic E-state index is 0.105. The van der Waals surface area contributed by atoms with Crippen molar-refractivity contribution in [3.8, 4) is 11.3 Å². The summed E-state index contributed by atoms with van der Waals surface area (Å²) in [6.07, 6.45) is 4.97. The Kier molecular flexibility index (Phi) is 7.99. The first-order valence-electron chi connectivity index (χ1n) is 13.8. The van der Waals surface area contributed by atoms with Crippen LogP contribution in [0.5, 0.6) is 0 Å². The second kappa shape index (κ2) is 11.8. The van der Waals surface area contributed by atoms with E-state index in [0.717, 1.165) is 17.5 Å². The summed E-state index contributed by atoms with van der Waals surface area (Å²) in [5, 5.41) is 12.6. The van der Waals surface area contributed by atoms with Crippen LogP contribution in [0.2, 0.25) is 0 Å². The predicted octanol–water partition coefficient (Wildman–Crippen LogP) is 3.74. The molecule has 41 heavy (non-hydrogen) atoms. The monoisotopic (exact) mass is 558 g/mol. The number of aryl methyl sites for hydroxylation is 2. The fourth-order valence-corrected chi connectivity index (χ4v) is 4.87. The molecule has 1 aromatic carbocycles. The molecule has 3 aromatic heterocycles. The summed E-state index contributed by atoms with van der Waals surface area (Å²) in [5.74, 6) is -0.407. The van der Waals surface area contributed by atoms with Gasteiger partial charge in [-0.05, 0) is 39.8 Å². The van der Waals surface area contributed by atoms with Gasteiger partial charge in [0, 0.05) is 56.1 Å². The Balaban J connectivity index is 1.32. The van der Waals surface area contributed by atoms with Crippen LogP contribution in [0.4, 0.5) is 10.5 Å².